The van der Waals surface area contributed by atoms with Crippen molar-refractivity contribution in [2.24, 2.45) is 0 Å². The highest BCUT2D eigenvalue weighted by Gasteiger charge is 2.05. The number of aromatic nitrogens is 2. The lowest BCUT2D eigenvalue weighted by atomic mass is 10.1. The van der Waals surface area contributed by atoms with Crippen LogP contribution in [-0.4, -0.2) is 9.97 Å². The zero-order valence-corrected chi connectivity index (χ0v) is 9.51. The molecule has 3 nitrogen and oxygen atoms in total. The van der Waals surface area contributed by atoms with Gasteiger partial charge in [0.15, 0.2) is 5.82 Å². The number of hydrogen-bond acceptors (Lipinski definition) is 3. The van der Waals surface area contributed by atoms with E-state index in [0.717, 1.165) is 22.8 Å². The summed E-state index contributed by atoms with van der Waals surface area (Å²) >= 11 is 0. The predicted octanol–water partition coefficient (Wildman–Crippen LogP) is 2.85. The average molecular weight is 213 g/mol. The van der Waals surface area contributed by atoms with E-state index in [0.29, 0.717) is 5.92 Å². The highest BCUT2D eigenvalue weighted by molar-refractivity contribution is 5.60. The van der Waals surface area contributed by atoms with Crippen molar-refractivity contribution in [1.82, 2.24) is 9.97 Å². The molecule has 16 heavy (non-hydrogen) atoms. The van der Waals surface area contributed by atoms with Crippen LogP contribution in [-0.2, 0) is 0 Å². The lowest BCUT2D eigenvalue weighted by Gasteiger charge is -2.06. The predicted molar refractivity (Wildman–Crippen MR) is 66.0 cm³/mol. The summed E-state index contributed by atoms with van der Waals surface area (Å²) in [6.07, 6.45) is 1.79. The second-order valence-electron chi connectivity index (χ2n) is 4.09. The fourth-order valence-electron chi connectivity index (χ4n) is 1.51. The van der Waals surface area contributed by atoms with Crippen LogP contribution in [0.4, 0.5) is 5.69 Å². The van der Waals surface area contributed by atoms with Gasteiger partial charge in [0, 0.05) is 23.1 Å². The fraction of sp³-hybridized carbons (Fsp3) is 0.231. The van der Waals surface area contributed by atoms with Gasteiger partial charge in [-0.3, -0.25) is 0 Å². The summed E-state index contributed by atoms with van der Waals surface area (Å²) in [4.78, 5) is 8.78. The van der Waals surface area contributed by atoms with Gasteiger partial charge in [0.05, 0.1) is 0 Å². The number of anilines is 1. The Morgan fingerprint density at radius 3 is 2.69 bits per heavy atom. The molecule has 0 radical (unpaired) electrons. The molecule has 0 bridgehead atoms. The van der Waals surface area contributed by atoms with Gasteiger partial charge in [-0.25, -0.2) is 9.97 Å². The van der Waals surface area contributed by atoms with Gasteiger partial charge < -0.3 is 5.73 Å². The maximum Gasteiger partial charge on any atom is 0.159 e. The molecule has 0 unspecified atom stereocenters. The van der Waals surface area contributed by atoms with Crippen molar-refractivity contribution in [1.29, 1.82) is 0 Å². The number of rotatable bonds is 2. The van der Waals surface area contributed by atoms with E-state index in [9.17, 15) is 0 Å². The molecule has 0 aliphatic carbocycles. The summed E-state index contributed by atoms with van der Waals surface area (Å²) in [5.41, 5.74) is 8.48. The van der Waals surface area contributed by atoms with Crippen LogP contribution in [0, 0.1) is 0 Å². The van der Waals surface area contributed by atoms with E-state index in [1.54, 1.807) is 6.20 Å². The molecule has 2 rings (SSSR count). The maximum atomic E-state index is 5.74. The molecule has 0 fully saturated rings. The summed E-state index contributed by atoms with van der Waals surface area (Å²) in [6, 6.07) is 9.57. The molecule has 0 amide bonds. The van der Waals surface area contributed by atoms with E-state index in [1.807, 2.05) is 30.3 Å². The van der Waals surface area contributed by atoms with E-state index < -0.39 is 0 Å². The van der Waals surface area contributed by atoms with E-state index in [4.69, 9.17) is 5.73 Å². The number of benzene rings is 1. The van der Waals surface area contributed by atoms with Gasteiger partial charge in [0.2, 0.25) is 0 Å². The van der Waals surface area contributed by atoms with Gasteiger partial charge in [-0.1, -0.05) is 26.0 Å². The summed E-state index contributed by atoms with van der Waals surface area (Å²) in [7, 11) is 0. The summed E-state index contributed by atoms with van der Waals surface area (Å²) in [5, 5.41) is 0. The molecule has 0 aliphatic heterocycles. The lowest BCUT2D eigenvalue weighted by molar-refractivity contribution is 0.817. The Labute approximate surface area is 95.4 Å². The number of nitrogen functional groups attached to an aromatic ring is 1. The van der Waals surface area contributed by atoms with E-state index in [2.05, 4.69) is 23.8 Å². The Bertz CT molecular complexity index is 492. The molecule has 3 heteroatoms. The van der Waals surface area contributed by atoms with Crippen LogP contribution in [0.2, 0.25) is 0 Å². The number of nitrogens with zero attached hydrogens (tertiary/aromatic N) is 2. The van der Waals surface area contributed by atoms with Crippen LogP contribution >= 0.6 is 0 Å². The number of nitrogens with two attached hydrogens (primary N) is 1. The molecule has 1 aromatic carbocycles. The first-order chi connectivity index (χ1) is 7.66. The SMILES string of the molecule is CC(C)c1ccnc(-c2cccc(N)c2)n1. The molecule has 0 atom stereocenters. The highest BCUT2D eigenvalue weighted by atomic mass is 14.9. The smallest absolute Gasteiger partial charge is 0.159 e. The van der Waals surface area contributed by atoms with E-state index in [-0.39, 0.29) is 0 Å². The quantitative estimate of drug-likeness (QED) is 0.780. The first-order valence-corrected chi connectivity index (χ1v) is 5.35. The second-order valence-corrected chi connectivity index (χ2v) is 4.09. The third kappa shape index (κ3) is 2.19. The minimum absolute atomic E-state index is 0.405. The van der Waals surface area contributed by atoms with Crippen LogP contribution in [0.25, 0.3) is 11.4 Å². The van der Waals surface area contributed by atoms with Crippen LogP contribution in [0.5, 0.6) is 0 Å². The Morgan fingerprint density at radius 1 is 1.19 bits per heavy atom. The summed E-state index contributed by atoms with van der Waals surface area (Å²) < 4.78 is 0. The number of hydrogen-bond donors (Lipinski definition) is 1. The van der Waals surface area contributed by atoms with Crippen molar-refractivity contribution in [2.75, 3.05) is 5.73 Å². The standard InChI is InChI=1S/C13H15N3/c1-9(2)12-6-7-15-13(16-12)10-4-3-5-11(14)8-10/h3-9H,14H2,1-2H3. The molecule has 2 N–H and O–H groups in total. The lowest BCUT2D eigenvalue weighted by Crippen LogP contribution is -1.97. The Balaban J connectivity index is 2.44. The van der Waals surface area contributed by atoms with Crippen LogP contribution in [0.1, 0.15) is 25.5 Å². The molecule has 1 aromatic heterocycles. The largest absolute Gasteiger partial charge is 0.399 e. The Kier molecular flexibility index (Phi) is 2.86. The first kappa shape index (κ1) is 10.6. The zero-order chi connectivity index (χ0) is 11.5. The summed E-state index contributed by atoms with van der Waals surface area (Å²) in [6.45, 7) is 4.23. The van der Waals surface area contributed by atoms with Gasteiger partial charge in [0.1, 0.15) is 0 Å². The van der Waals surface area contributed by atoms with Crippen LogP contribution in [0.15, 0.2) is 36.5 Å². The van der Waals surface area contributed by atoms with E-state index in [1.165, 1.54) is 0 Å². The monoisotopic (exact) mass is 213 g/mol. The topological polar surface area (TPSA) is 51.8 Å². The van der Waals surface area contributed by atoms with Gasteiger partial charge in [-0.05, 0) is 24.1 Å². The van der Waals surface area contributed by atoms with Crippen molar-refractivity contribution >= 4 is 5.69 Å². The fourth-order valence-corrected chi connectivity index (χ4v) is 1.51. The Morgan fingerprint density at radius 2 is 2.00 bits per heavy atom. The summed E-state index contributed by atoms with van der Waals surface area (Å²) in [5.74, 6) is 1.14. The van der Waals surface area contributed by atoms with Gasteiger partial charge in [-0.2, -0.15) is 0 Å². The zero-order valence-electron chi connectivity index (χ0n) is 9.51. The van der Waals surface area contributed by atoms with Crippen molar-refractivity contribution in [2.45, 2.75) is 19.8 Å². The molecule has 0 spiro atoms. The Hall–Kier alpha value is -1.90. The van der Waals surface area contributed by atoms with Gasteiger partial charge >= 0.3 is 0 Å². The van der Waals surface area contributed by atoms with Gasteiger partial charge in [0.25, 0.3) is 0 Å². The highest BCUT2D eigenvalue weighted by Crippen LogP contribution is 2.19. The maximum absolute atomic E-state index is 5.74. The third-order valence-corrected chi connectivity index (χ3v) is 2.41. The third-order valence-electron chi connectivity index (χ3n) is 2.41. The molecule has 0 saturated heterocycles. The van der Waals surface area contributed by atoms with Gasteiger partial charge in [-0.15, -0.1) is 0 Å². The normalized spacial score (nSPS) is 10.7. The van der Waals surface area contributed by atoms with E-state index >= 15 is 0 Å². The van der Waals surface area contributed by atoms with Crippen LogP contribution < -0.4 is 5.73 Å². The molecule has 82 valence electrons. The molecular formula is C13H15N3. The molecular weight excluding hydrogens is 198 g/mol. The molecule has 2 aromatic rings. The van der Waals surface area contributed by atoms with Crippen molar-refractivity contribution < 1.29 is 0 Å². The molecule has 0 saturated carbocycles. The molecule has 0 aliphatic rings. The van der Waals surface area contributed by atoms with Crippen LogP contribution in [0.3, 0.4) is 0 Å². The second kappa shape index (κ2) is 4.31. The first-order valence-electron chi connectivity index (χ1n) is 5.35. The minimum atomic E-state index is 0.405. The van der Waals surface area contributed by atoms with Crippen molar-refractivity contribution in [3.8, 4) is 11.4 Å². The van der Waals surface area contributed by atoms with Crippen molar-refractivity contribution in [3.05, 3.63) is 42.2 Å². The average Bonchev–Trinajstić information content (AvgIpc) is 2.29. The van der Waals surface area contributed by atoms with Crippen molar-refractivity contribution in [3.63, 3.8) is 0 Å². The minimum Gasteiger partial charge on any atom is -0.399 e. The molecule has 1 heterocycles.